The molecule has 1 amide bonds. The van der Waals surface area contributed by atoms with Gasteiger partial charge in [-0.2, -0.15) is 5.10 Å². The smallest absolute Gasteiger partial charge is 0.257 e. The van der Waals surface area contributed by atoms with Gasteiger partial charge in [0.15, 0.2) is 0 Å². The zero-order valence-corrected chi connectivity index (χ0v) is 9.03. The highest BCUT2D eigenvalue weighted by Gasteiger charge is 2.21. The van der Waals surface area contributed by atoms with E-state index in [2.05, 4.69) is 16.3 Å². The molecule has 0 spiro atoms. The number of amides is 1. The van der Waals surface area contributed by atoms with Crippen molar-refractivity contribution in [1.82, 2.24) is 15.1 Å². The van der Waals surface area contributed by atoms with Gasteiger partial charge in [-0.1, -0.05) is 5.92 Å². The van der Waals surface area contributed by atoms with Crippen LogP contribution in [-0.2, 0) is 7.05 Å². The molecule has 0 aliphatic carbocycles. The van der Waals surface area contributed by atoms with Gasteiger partial charge in [-0.25, -0.2) is 0 Å². The average Bonchev–Trinajstić information content (AvgIpc) is 2.47. The Morgan fingerprint density at radius 1 is 1.73 bits per heavy atom. The van der Waals surface area contributed by atoms with Crippen molar-refractivity contribution < 1.29 is 4.79 Å². The summed E-state index contributed by atoms with van der Waals surface area (Å²) in [4.78, 5) is 11.7. The lowest BCUT2D eigenvalue weighted by molar-refractivity contribution is 0.0931. The molecule has 0 atom stereocenters. The number of aromatic nitrogens is 2. The molecule has 80 valence electrons. The van der Waals surface area contributed by atoms with Crippen LogP contribution < -0.4 is 11.1 Å². The number of nitrogen functional groups attached to an aromatic ring is 1. The first kappa shape index (κ1) is 11.1. The van der Waals surface area contributed by atoms with E-state index in [0.717, 1.165) is 0 Å². The summed E-state index contributed by atoms with van der Waals surface area (Å²) in [6.07, 6.45) is 6.67. The van der Waals surface area contributed by atoms with Gasteiger partial charge in [0.1, 0.15) is 11.4 Å². The van der Waals surface area contributed by atoms with Crippen molar-refractivity contribution in [1.29, 1.82) is 0 Å². The predicted octanol–water partition coefficient (Wildman–Crippen LogP) is 0.144. The van der Waals surface area contributed by atoms with Crippen molar-refractivity contribution in [2.75, 3.05) is 5.73 Å². The first-order chi connectivity index (χ1) is 6.87. The van der Waals surface area contributed by atoms with E-state index in [4.69, 9.17) is 12.2 Å². The zero-order valence-electron chi connectivity index (χ0n) is 9.03. The number of carbonyl (C=O) groups excluding carboxylic acids is 1. The number of nitrogens with two attached hydrogens (primary N) is 1. The molecule has 3 N–H and O–H groups in total. The van der Waals surface area contributed by atoms with E-state index in [1.54, 1.807) is 20.9 Å². The third-order valence-corrected chi connectivity index (χ3v) is 2.02. The van der Waals surface area contributed by atoms with E-state index in [1.807, 2.05) is 0 Å². The van der Waals surface area contributed by atoms with Crippen LogP contribution in [0.5, 0.6) is 0 Å². The predicted molar refractivity (Wildman–Crippen MR) is 58.0 cm³/mol. The topological polar surface area (TPSA) is 72.9 Å². The number of hydrogen-bond donors (Lipinski definition) is 2. The molecular weight excluding hydrogens is 192 g/mol. The lowest BCUT2D eigenvalue weighted by Crippen LogP contribution is -2.42. The number of nitrogens with one attached hydrogen (secondary N) is 1. The molecule has 0 aliphatic heterocycles. The molecule has 1 rings (SSSR count). The Bertz CT molecular complexity index is 425. The van der Waals surface area contributed by atoms with Gasteiger partial charge in [-0.3, -0.25) is 9.48 Å². The molecule has 0 fully saturated rings. The van der Waals surface area contributed by atoms with Crippen molar-refractivity contribution in [3.05, 3.63) is 11.8 Å². The molecule has 1 aromatic rings. The molecule has 0 radical (unpaired) electrons. The van der Waals surface area contributed by atoms with Gasteiger partial charge >= 0.3 is 0 Å². The highest BCUT2D eigenvalue weighted by Crippen LogP contribution is 2.10. The molecule has 1 heterocycles. The number of hydrogen-bond acceptors (Lipinski definition) is 3. The average molecular weight is 206 g/mol. The maximum absolute atomic E-state index is 11.7. The Balaban J connectivity index is 2.89. The van der Waals surface area contributed by atoms with Crippen molar-refractivity contribution in [3.63, 3.8) is 0 Å². The van der Waals surface area contributed by atoms with E-state index >= 15 is 0 Å². The van der Waals surface area contributed by atoms with Gasteiger partial charge in [0.25, 0.3) is 5.91 Å². The highest BCUT2D eigenvalue weighted by molar-refractivity contribution is 5.98. The Morgan fingerprint density at radius 2 is 2.33 bits per heavy atom. The number of rotatable bonds is 2. The molecule has 5 heteroatoms. The number of carbonyl (C=O) groups is 1. The van der Waals surface area contributed by atoms with Gasteiger partial charge in [0.2, 0.25) is 0 Å². The maximum Gasteiger partial charge on any atom is 0.257 e. The van der Waals surface area contributed by atoms with E-state index in [9.17, 15) is 4.79 Å². The van der Waals surface area contributed by atoms with E-state index in [-0.39, 0.29) is 5.91 Å². The largest absolute Gasteiger partial charge is 0.383 e. The molecular formula is C10H14N4O. The minimum atomic E-state index is -0.695. The second-order valence-corrected chi connectivity index (χ2v) is 3.79. The van der Waals surface area contributed by atoms with Gasteiger partial charge in [-0.15, -0.1) is 6.42 Å². The SMILES string of the molecule is C#CC(C)(C)NC(=O)c1cnn(C)c1N. The fourth-order valence-corrected chi connectivity index (χ4v) is 1.01. The Hall–Kier alpha value is -1.96. The van der Waals surface area contributed by atoms with Crippen LogP contribution in [0.15, 0.2) is 6.20 Å². The lowest BCUT2D eigenvalue weighted by atomic mass is 10.1. The first-order valence-electron chi connectivity index (χ1n) is 4.45. The summed E-state index contributed by atoms with van der Waals surface area (Å²) in [5, 5.41) is 6.54. The van der Waals surface area contributed by atoms with Gasteiger partial charge in [0, 0.05) is 7.05 Å². The fraction of sp³-hybridized carbons (Fsp3) is 0.400. The Labute approximate surface area is 88.6 Å². The summed E-state index contributed by atoms with van der Waals surface area (Å²) in [7, 11) is 1.67. The molecule has 0 aromatic carbocycles. The van der Waals surface area contributed by atoms with E-state index < -0.39 is 5.54 Å². The van der Waals surface area contributed by atoms with Crippen LogP contribution in [0.2, 0.25) is 0 Å². The van der Waals surface area contributed by atoms with Crippen molar-refractivity contribution in [2.24, 2.45) is 7.05 Å². The molecule has 0 aliphatic rings. The normalized spacial score (nSPS) is 10.8. The van der Waals surface area contributed by atoms with Gasteiger partial charge < -0.3 is 11.1 Å². The standard InChI is InChI=1S/C10H14N4O/c1-5-10(2,3)13-9(15)7-6-12-14(4)8(7)11/h1,6H,11H2,2-4H3,(H,13,15). The van der Waals surface area contributed by atoms with Crippen molar-refractivity contribution >= 4 is 11.7 Å². The minimum Gasteiger partial charge on any atom is -0.383 e. The van der Waals surface area contributed by atoms with E-state index in [0.29, 0.717) is 11.4 Å². The van der Waals surface area contributed by atoms with Crippen LogP contribution in [0.3, 0.4) is 0 Å². The summed E-state index contributed by atoms with van der Waals surface area (Å²) >= 11 is 0. The second kappa shape index (κ2) is 3.65. The molecule has 0 saturated carbocycles. The quantitative estimate of drug-likeness (QED) is 0.676. The van der Waals surface area contributed by atoms with Gasteiger partial charge in [-0.05, 0) is 13.8 Å². The molecule has 5 nitrogen and oxygen atoms in total. The maximum atomic E-state index is 11.7. The van der Waals surface area contributed by atoms with Crippen LogP contribution in [-0.4, -0.2) is 21.2 Å². The number of anilines is 1. The lowest BCUT2D eigenvalue weighted by Gasteiger charge is -2.19. The zero-order chi connectivity index (χ0) is 11.6. The van der Waals surface area contributed by atoms with Crippen LogP contribution >= 0.6 is 0 Å². The fourth-order valence-electron chi connectivity index (χ4n) is 1.01. The third-order valence-electron chi connectivity index (χ3n) is 2.02. The van der Waals surface area contributed by atoms with E-state index in [1.165, 1.54) is 10.9 Å². The van der Waals surface area contributed by atoms with Crippen LogP contribution in [0.1, 0.15) is 24.2 Å². The molecule has 0 unspecified atom stereocenters. The second-order valence-electron chi connectivity index (χ2n) is 3.79. The van der Waals surface area contributed by atoms with Crippen molar-refractivity contribution in [2.45, 2.75) is 19.4 Å². The summed E-state index contributed by atoms with van der Waals surface area (Å²) in [5.41, 5.74) is 5.29. The van der Waals surface area contributed by atoms with Crippen LogP contribution in [0, 0.1) is 12.3 Å². The number of terminal acetylenes is 1. The van der Waals surface area contributed by atoms with Crippen molar-refractivity contribution in [3.8, 4) is 12.3 Å². The molecule has 15 heavy (non-hydrogen) atoms. The number of nitrogens with zero attached hydrogens (tertiary/aromatic N) is 2. The van der Waals surface area contributed by atoms with Crippen LogP contribution in [0.4, 0.5) is 5.82 Å². The first-order valence-corrected chi connectivity index (χ1v) is 4.45. The third kappa shape index (κ3) is 2.29. The highest BCUT2D eigenvalue weighted by atomic mass is 16.1. The Kier molecular flexibility index (Phi) is 2.71. The minimum absolute atomic E-state index is 0.316. The van der Waals surface area contributed by atoms with Gasteiger partial charge in [0.05, 0.1) is 11.7 Å². The monoisotopic (exact) mass is 206 g/mol. The summed E-state index contributed by atoms with van der Waals surface area (Å²) in [6.45, 7) is 3.47. The molecule has 0 saturated heterocycles. The summed E-state index contributed by atoms with van der Waals surface area (Å²) in [6, 6.07) is 0. The molecule has 0 bridgehead atoms. The molecule has 1 aromatic heterocycles. The Morgan fingerprint density at radius 3 is 2.73 bits per heavy atom. The number of aryl methyl sites for hydroxylation is 1. The van der Waals surface area contributed by atoms with Crippen LogP contribution in [0.25, 0.3) is 0 Å². The summed E-state index contributed by atoms with van der Waals surface area (Å²) < 4.78 is 1.43. The summed E-state index contributed by atoms with van der Waals surface area (Å²) in [5.74, 6) is 2.47.